The van der Waals surface area contributed by atoms with E-state index >= 15 is 0 Å². The number of carboxylic acids is 1. The number of nitrogens with zero attached hydrogens (tertiary/aromatic N) is 3. The molecule has 17 heavy (non-hydrogen) atoms. The highest BCUT2D eigenvalue weighted by Gasteiger charge is 2.08. The van der Waals surface area contributed by atoms with Crippen LogP contribution in [0, 0.1) is 5.82 Å². The number of halogens is 1. The Morgan fingerprint density at radius 3 is 3.00 bits per heavy atom. The van der Waals surface area contributed by atoms with Crippen LogP contribution < -0.4 is 0 Å². The summed E-state index contributed by atoms with van der Waals surface area (Å²) in [5.74, 6) is -1.26. The zero-order chi connectivity index (χ0) is 12.3. The normalized spacial score (nSPS) is 10.4. The second-order valence-corrected chi connectivity index (χ2v) is 3.50. The Morgan fingerprint density at radius 2 is 2.29 bits per heavy atom. The molecule has 0 amide bonds. The number of carboxylic acid groups (broad SMARTS) is 1. The number of aliphatic carboxylic acids is 1. The van der Waals surface area contributed by atoms with Crippen molar-refractivity contribution in [1.29, 1.82) is 0 Å². The second kappa shape index (κ2) is 4.73. The van der Waals surface area contributed by atoms with Crippen LogP contribution in [0.2, 0.25) is 0 Å². The first-order valence-electron chi connectivity index (χ1n) is 5.03. The molecule has 88 valence electrons. The number of benzene rings is 1. The van der Waals surface area contributed by atoms with Crippen LogP contribution in [-0.4, -0.2) is 26.1 Å². The maximum absolute atomic E-state index is 13.1. The van der Waals surface area contributed by atoms with Crippen molar-refractivity contribution in [2.45, 2.75) is 13.0 Å². The molecular weight excluding hydrogens is 225 g/mol. The molecular formula is C11H10FN3O2. The number of carbonyl (C=O) groups is 1. The van der Waals surface area contributed by atoms with Crippen molar-refractivity contribution in [2.24, 2.45) is 0 Å². The summed E-state index contributed by atoms with van der Waals surface area (Å²) in [6.45, 7) is 0.210. The summed E-state index contributed by atoms with van der Waals surface area (Å²) in [6.07, 6.45) is 1.43. The van der Waals surface area contributed by atoms with E-state index in [9.17, 15) is 9.18 Å². The molecule has 0 saturated heterocycles. The fourth-order valence-corrected chi connectivity index (χ4v) is 1.50. The Kier molecular flexibility index (Phi) is 3.13. The fourth-order valence-electron chi connectivity index (χ4n) is 1.50. The van der Waals surface area contributed by atoms with Crippen molar-refractivity contribution in [1.82, 2.24) is 15.0 Å². The maximum atomic E-state index is 13.1. The molecule has 1 aromatic carbocycles. The molecule has 0 aliphatic carbocycles. The van der Waals surface area contributed by atoms with Crippen LogP contribution in [0.25, 0.3) is 11.3 Å². The summed E-state index contributed by atoms with van der Waals surface area (Å²) in [4.78, 5) is 10.5. The predicted octanol–water partition coefficient (Wildman–Crippen LogP) is 1.56. The topological polar surface area (TPSA) is 68.0 Å². The Morgan fingerprint density at radius 1 is 1.47 bits per heavy atom. The summed E-state index contributed by atoms with van der Waals surface area (Å²) in [7, 11) is 0. The van der Waals surface area contributed by atoms with Crippen molar-refractivity contribution in [3.05, 3.63) is 36.3 Å². The van der Waals surface area contributed by atoms with E-state index in [1.165, 1.54) is 23.0 Å². The van der Waals surface area contributed by atoms with Gasteiger partial charge in [-0.05, 0) is 12.1 Å². The van der Waals surface area contributed by atoms with Crippen LogP contribution in [0.3, 0.4) is 0 Å². The molecule has 0 aliphatic rings. The van der Waals surface area contributed by atoms with Gasteiger partial charge < -0.3 is 5.11 Å². The quantitative estimate of drug-likeness (QED) is 0.873. The molecule has 0 fully saturated rings. The molecule has 0 bridgehead atoms. The first kappa shape index (κ1) is 11.3. The average Bonchev–Trinajstić information content (AvgIpc) is 2.74. The predicted molar refractivity (Wildman–Crippen MR) is 57.7 cm³/mol. The highest BCUT2D eigenvalue weighted by molar-refractivity contribution is 5.66. The van der Waals surface area contributed by atoms with E-state index < -0.39 is 5.97 Å². The van der Waals surface area contributed by atoms with Crippen LogP contribution >= 0.6 is 0 Å². The largest absolute Gasteiger partial charge is 0.481 e. The number of aromatic nitrogens is 3. The SMILES string of the molecule is O=C(O)CCn1nncc1-c1cccc(F)c1. The lowest BCUT2D eigenvalue weighted by molar-refractivity contribution is -0.137. The molecule has 0 unspecified atom stereocenters. The van der Waals surface area contributed by atoms with Gasteiger partial charge in [0, 0.05) is 5.56 Å². The highest BCUT2D eigenvalue weighted by atomic mass is 19.1. The molecule has 6 heteroatoms. The van der Waals surface area contributed by atoms with Gasteiger partial charge in [-0.3, -0.25) is 4.79 Å². The van der Waals surface area contributed by atoms with Gasteiger partial charge in [0.2, 0.25) is 0 Å². The van der Waals surface area contributed by atoms with Crippen LogP contribution in [0.15, 0.2) is 30.5 Å². The summed E-state index contributed by atoms with van der Waals surface area (Å²) >= 11 is 0. The lowest BCUT2D eigenvalue weighted by atomic mass is 10.1. The molecule has 2 rings (SSSR count). The lowest BCUT2D eigenvalue weighted by Crippen LogP contribution is -2.07. The molecule has 0 spiro atoms. The molecule has 0 atom stereocenters. The van der Waals surface area contributed by atoms with Crippen LogP contribution in [0.1, 0.15) is 6.42 Å². The van der Waals surface area contributed by atoms with E-state index in [0.29, 0.717) is 11.3 Å². The zero-order valence-corrected chi connectivity index (χ0v) is 8.88. The van der Waals surface area contributed by atoms with Crippen molar-refractivity contribution >= 4 is 5.97 Å². The van der Waals surface area contributed by atoms with Gasteiger partial charge in [0.15, 0.2) is 0 Å². The fraction of sp³-hybridized carbons (Fsp3) is 0.182. The van der Waals surface area contributed by atoms with E-state index in [0.717, 1.165) is 0 Å². The molecule has 5 nitrogen and oxygen atoms in total. The van der Waals surface area contributed by atoms with Gasteiger partial charge in [0.25, 0.3) is 0 Å². The van der Waals surface area contributed by atoms with Gasteiger partial charge in [0.1, 0.15) is 5.82 Å². The summed E-state index contributed by atoms with van der Waals surface area (Å²) in [5, 5.41) is 16.1. The Balaban J connectivity index is 2.27. The third-order valence-corrected chi connectivity index (χ3v) is 2.28. The zero-order valence-electron chi connectivity index (χ0n) is 8.88. The number of hydrogen-bond donors (Lipinski definition) is 1. The first-order valence-corrected chi connectivity index (χ1v) is 5.03. The minimum absolute atomic E-state index is 0.0499. The van der Waals surface area contributed by atoms with Crippen LogP contribution in [-0.2, 0) is 11.3 Å². The summed E-state index contributed by atoms with van der Waals surface area (Å²) in [5.41, 5.74) is 1.23. The van der Waals surface area contributed by atoms with Crippen LogP contribution in [0.4, 0.5) is 4.39 Å². The number of hydrogen-bond acceptors (Lipinski definition) is 3. The van der Waals surface area contributed by atoms with Crippen LogP contribution in [0.5, 0.6) is 0 Å². The van der Waals surface area contributed by atoms with E-state index in [1.807, 2.05) is 0 Å². The number of aryl methyl sites for hydroxylation is 1. The molecule has 0 radical (unpaired) electrons. The monoisotopic (exact) mass is 235 g/mol. The van der Waals surface area contributed by atoms with Gasteiger partial charge in [-0.15, -0.1) is 5.10 Å². The van der Waals surface area contributed by atoms with E-state index in [-0.39, 0.29) is 18.8 Å². The third kappa shape index (κ3) is 2.66. The van der Waals surface area contributed by atoms with Crippen molar-refractivity contribution in [3.8, 4) is 11.3 Å². The average molecular weight is 235 g/mol. The minimum atomic E-state index is -0.911. The third-order valence-electron chi connectivity index (χ3n) is 2.28. The number of rotatable bonds is 4. The van der Waals surface area contributed by atoms with Crippen molar-refractivity contribution in [2.75, 3.05) is 0 Å². The molecule has 1 N–H and O–H groups in total. The highest BCUT2D eigenvalue weighted by Crippen LogP contribution is 2.18. The Labute approximate surface area is 96.5 Å². The van der Waals surface area contributed by atoms with Gasteiger partial charge in [-0.2, -0.15) is 0 Å². The first-order chi connectivity index (χ1) is 8.16. The molecule has 1 aromatic heterocycles. The molecule has 0 aliphatic heterocycles. The molecule has 1 heterocycles. The standard InChI is InChI=1S/C11H10FN3O2/c12-9-3-1-2-8(6-9)10-7-13-14-15(10)5-4-11(16)17/h1-3,6-7H,4-5H2,(H,16,17). The van der Waals surface area contributed by atoms with Gasteiger partial charge in [-0.25, -0.2) is 9.07 Å². The van der Waals surface area contributed by atoms with Crippen molar-refractivity contribution < 1.29 is 14.3 Å². The van der Waals surface area contributed by atoms with E-state index in [1.54, 1.807) is 12.1 Å². The second-order valence-electron chi connectivity index (χ2n) is 3.50. The van der Waals surface area contributed by atoms with E-state index in [4.69, 9.17) is 5.11 Å². The van der Waals surface area contributed by atoms with Gasteiger partial charge in [-0.1, -0.05) is 17.3 Å². The smallest absolute Gasteiger partial charge is 0.305 e. The Bertz CT molecular complexity index is 539. The van der Waals surface area contributed by atoms with E-state index in [2.05, 4.69) is 10.3 Å². The van der Waals surface area contributed by atoms with Crippen molar-refractivity contribution in [3.63, 3.8) is 0 Å². The minimum Gasteiger partial charge on any atom is -0.481 e. The summed E-state index contributed by atoms with van der Waals surface area (Å²) < 4.78 is 14.5. The lowest BCUT2D eigenvalue weighted by Gasteiger charge is -2.04. The molecule has 2 aromatic rings. The summed E-state index contributed by atoms with van der Waals surface area (Å²) in [6, 6.07) is 6.00. The van der Waals surface area contributed by atoms with Gasteiger partial charge in [0.05, 0.1) is 24.9 Å². The van der Waals surface area contributed by atoms with Gasteiger partial charge >= 0.3 is 5.97 Å². The Hall–Kier alpha value is -2.24. The molecule has 0 saturated carbocycles. The maximum Gasteiger partial charge on any atom is 0.305 e.